The molecule has 0 radical (unpaired) electrons. The minimum atomic E-state index is -0.438. The Morgan fingerprint density at radius 1 is 1.19 bits per heavy atom. The van der Waals surface area contributed by atoms with Crippen molar-refractivity contribution in [1.29, 1.82) is 0 Å². The van der Waals surface area contributed by atoms with E-state index < -0.39 is 5.54 Å². The maximum Gasteiger partial charge on any atom is 0.261 e. The lowest BCUT2D eigenvalue weighted by molar-refractivity contribution is 0.372. The van der Waals surface area contributed by atoms with Gasteiger partial charge < -0.3 is 10.3 Å². The largest absolute Gasteiger partial charge is 0.334 e. The first-order chi connectivity index (χ1) is 12.7. The second kappa shape index (κ2) is 7.03. The number of hydrogen-bond acceptors (Lipinski definition) is 5. The summed E-state index contributed by atoms with van der Waals surface area (Å²) in [4.78, 5) is 4.64. The Hall–Kier alpha value is -2.47. The summed E-state index contributed by atoms with van der Waals surface area (Å²) in [6.45, 7) is 2.90. The van der Waals surface area contributed by atoms with Crippen molar-refractivity contribution in [2.24, 2.45) is 5.73 Å². The molecule has 26 heavy (non-hydrogen) atoms. The highest BCUT2D eigenvalue weighted by atomic mass is 16.5. The Bertz CT molecular complexity index is 861. The molecule has 4 rings (SSSR count). The molecule has 0 spiro atoms. The first-order valence-electron chi connectivity index (χ1n) is 9.41. The molecule has 2 N–H and O–H groups in total. The van der Waals surface area contributed by atoms with Crippen LogP contribution in [0.4, 0.5) is 0 Å². The van der Waals surface area contributed by atoms with E-state index in [9.17, 15) is 0 Å². The molecule has 136 valence electrons. The van der Waals surface area contributed by atoms with Crippen LogP contribution in [0.2, 0.25) is 0 Å². The van der Waals surface area contributed by atoms with Crippen molar-refractivity contribution in [3.05, 3.63) is 53.6 Å². The van der Waals surface area contributed by atoms with Gasteiger partial charge in [-0.25, -0.2) is 0 Å². The number of rotatable bonds is 6. The standard InChI is InChI=1S/C20H25N5O/c1-2-8-17-16(13-22-25(17)14-15-9-4-3-5-10-15)18-23-19(24-26-18)20(21)11-6-7-12-20/h3-5,9-10,13H,2,6-8,11-12,14,21H2,1H3. The number of hydrogen-bond donors (Lipinski definition) is 1. The molecule has 2 aromatic heterocycles. The molecule has 6 nitrogen and oxygen atoms in total. The van der Waals surface area contributed by atoms with Gasteiger partial charge in [-0.3, -0.25) is 4.68 Å². The molecule has 1 aliphatic rings. The molecule has 0 bridgehead atoms. The van der Waals surface area contributed by atoms with Crippen molar-refractivity contribution in [3.63, 3.8) is 0 Å². The quantitative estimate of drug-likeness (QED) is 0.733. The van der Waals surface area contributed by atoms with Crippen molar-refractivity contribution in [3.8, 4) is 11.5 Å². The van der Waals surface area contributed by atoms with Crippen LogP contribution in [0.3, 0.4) is 0 Å². The zero-order chi connectivity index (χ0) is 18.0. The third-order valence-electron chi connectivity index (χ3n) is 5.21. The van der Waals surface area contributed by atoms with Gasteiger partial charge >= 0.3 is 0 Å². The second-order valence-electron chi connectivity index (χ2n) is 7.18. The summed E-state index contributed by atoms with van der Waals surface area (Å²) in [5.74, 6) is 1.16. The highest BCUT2D eigenvalue weighted by molar-refractivity contribution is 5.55. The summed E-state index contributed by atoms with van der Waals surface area (Å²) in [7, 11) is 0. The topological polar surface area (TPSA) is 82.8 Å². The molecule has 0 aliphatic heterocycles. The molecule has 6 heteroatoms. The Morgan fingerprint density at radius 2 is 1.96 bits per heavy atom. The maximum absolute atomic E-state index is 6.47. The van der Waals surface area contributed by atoms with Gasteiger partial charge in [0.2, 0.25) is 0 Å². The average Bonchev–Trinajstić information content (AvgIpc) is 3.38. The van der Waals surface area contributed by atoms with Gasteiger partial charge in [-0.1, -0.05) is 61.7 Å². The van der Waals surface area contributed by atoms with Gasteiger partial charge in [0.25, 0.3) is 5.89 Å². The van der Waals surface area contributed by atoms with Gasteiger partial charge in [0.05, 0.1) is 29.5 Å². The zero-order valence-corrected chi connectivity index (χ0v) is 15.2. The normalized spacial score (nSPS) is 16.2. The van der Waals surface area contributed by atoms with Crippen LogP contribution in [-0.2, 0) is 18.5 Å². The Morgan fingerprint density at radius 3 is 2.69 bits per heavy atom. The van der Waals surface area contributed by atoms with Gasteiger partial charge in [-0.2, -0.15) is 10.1 Å². The summed E-state index contributed by atoms with van der Waals surface area (Å²) in [5.41, 5.74) is 9.30. The molecule has 0 unspecified atom stereocenters. The van der Waals surface area contributed by atoms with E-state index in [4.69, 9.17) is 10.3 Å². The monoisotopic (exact) mass is 351 g/mol. The molecule has 0 amide bonds. The third-order valence-corrected chi connectivity index (χ3v) is 5.21. The molecule has 1 aromatic carbocycles. The Labute approximate surface area is 153 Å². The van der Waals surface area contributed by atoms with E-state index in [1.807, 2.05) is 29.1 Å². The lowest BCUT2D eigenvalue weighted by atomic mass is 9.98. The van der Waals surface area contributed by atoms with Crippen LogP contribution < -0.4 is 5.73 Å². The fourth-order valence-corrected chi connectivity index (χ4v) is 3.75. The van der Waals surface area contributed by atoms with E-state index in [-0.39, 0.29) is 0 Å². The number of aromatic nitrogens is 4. The maximum atomic E-state index is 6.47. The molecule has 0 saturated heterocycles. The predicted octanol–water partition coefficient (Wildman–Crippen LogP) is 3.66. The number of benzene rings is 1. The SMILES string of the molecule is CCCc1c(-c2nc(C3(N)CCCC3)no2)cnn1Cc1ccccc1. The summed E-state index contributed by atoms with van der Waals surface area (Å²) in [6.07, 6.45) is 7.85. The van der Waals surface area contributed by atoms with E-state index in [2.05, 4.69) is 34.3 Å². The van der Waals surface area contributed by atoms with Crippen molar-refractivity contribution in [1.82, 2.24) is 19.9 Å². The van der Waals surface area contributed by atoms with E-state index in [1.54, 1.807) is 0 Å². The highest BCUT2D eigenvalue weighted by Gasteiger charge is 2.36. The molecular formula is C20H25N5O. The summed E-state index contributed by atoms with van der Waals surface area (Å²) >= 11 is 0. The minimum absolute atomic E-state index is 0.438. The van der Waals surface area contributed by atoms with Gasteiger partial charge in [0, 0.05) is 0 Å². The lowest BCUT2D eigenvalue weighted by Crippen LogP contribution is -2.34. The number of nitrogens with two attached hydrogens (primary N) is 1. The molecule has 1 saturated carbocycles. The van der Waals surface area contributed by atoms with Crippen molar-refractivity contribution < 1.29 is 4.52 Å². The first kappa shape index (κ1) is 17.0. The molecular weight excluding hydrogens is 326 g/mol. The Balaban J connectivity index is 1.65. The van der Waals surface area contributed by atoms with E-state index in [1.165, 1.54) is 5.56 Å². The van der Waals surface area contributed by atoms with E-state index >= 15 is 0 Å². The molecule has 1 aliphatic carbocycles. The summed E-state index contributed by atoms with van der Waals surface area (Å²) in [6, 6.07) is 10.3. The van der Waals surface area contributed by atoms with Crippen LogP contribution in [0.5, 0.6) is 0 Å². The Kier molecular flexibility index (Phi) is 4.59. The summed E-state index contributed by atoms with van der Waals surface area (Å²) in [5, 5.41) is 8.78. The van der Waals surface area contributed by atoms with Crippen LogP contribution >= 0.6 is 0 Å². The fraction of sp³-hybridized carbons (Fsp3) is 0.450. The number of nitrogens with zero attached hydrogens (tertiary/aromatic N) is 4. The first-order valence-corrected chi connectivity index (χ1v) is 9.41. The molecule has 1 fully saturated rings. The zero-order valence-electron chi connectivity index (χ0n) is 15.2. The third kappa shape index (κ3) is 3.17. The van der Waals surface area contributed by atoms with Crippen LogP contribution in [-0.4, -0.2) is 19.9 Å². The molecule has 2 heterocycles. The minimum Gasteiger partial charge on any atom is -0.334 e. The van der Waals surface area contributed by atoms with Crippen molar-refractivity contribution >= 4 is 0 Å². The van der Waals surface area contributed by atoms with Crippen LogP contribution in [0.15, 0.2) is 41.1 Å². The molecule has 0 atom stereocenters. The average molecular weight is 351 g/mol. The van der Waals surface area contributed by atoms with Crippen molar-refractivity contribution in [2.45, 2.75) is 57.5 Å². The van der Waals surface area contributed by atoms with Crippen LogP contribution in [0.1, 0.15) is 56.1 Å². The fourth-order valence-electron chi connectivity index (χ4n) is 3.75. The van der Waals surface area contributed by atoms with E-state index in [0.717, 1.165) is 56.3 Å². The van der Waals surface area contributed by atoms with E-state index in [0.29, 0.717) is 11.7 Å². The van der Waals surface area contributed by atoms with Crippen LogP contribution in [0.25, 0.3) is 11.5 Å². The smallest absolute Gasteiger partial charge is 0.261 e. The highest BCUT2D eigenvalue weighted by Crippen LogP contribution is 2.36. The van der Waals surface area contributed by atoms with Crippen molar-refractivity contribution in [2.75, 3.05) is 0 Å². The second-order valence-corrected chi connectivity index (χ2v) is 7.18. The van der Waals surface area contributed by atoms with Gasteiger partial charge in [-0.05, 0) is 24.8 Å². The predicted molar refractivity (Wildman–Crippen MR) is 99.4 cm³/mol. The van der Waals surface area contributed by atoms with Gasteiger partial charge in [0.15, 0.2) is 5.82 Å². The summed E-state index contributed by atoms with van der Waals surface area (Å²) < 4.78 is 7.62. The van der Waals surface area contributed by atoms with Gasteiger partial charge in [-0.15, -0.1) is 0 Å². The lowest BCUT2D eigenvalue weighted by Gasteiger charge is -2.17. The van der Waals surface area contributed by atoms with Crippen LogP contribution in [0, 0.1) is 0 Å². The molecule has 3 aromatic rings. The van der Waals surface area contributed by atoms with Gasteiger partial charge in [0.1, 0.15) is 0 Å².